The molecule has 84 valence electrons. The molecule has 0 aliphatic carbocycles. The highest BCUT2D eigenvalue weighted by atomic mass is 32.1. The van der Waals surface area contributed by atoms with Crippen LogP contribution in [0.5, 0.6) is 0 Å². The monoisotopic (exact) mass is 237 g/mol. The number of rotatable bonds is 4. The van der Waals surface area contributed by atoms with E-state index in [1.165, 1.54) is 0 Å². The van der Waals surface area contributed by atoms with Gasteiger partial charge >= 0.3 is 0 Å². The van der Waals surface area contributed by atoms with Crippen molar-refractivity contribution in [1.82, 2.24) is 25.5 Å². The molecule has 0 bridgehead atoms. The molecule has 0 saturated heterocycles. The Morgan fingerprint density at radius 3 is 3.06 bits per heavy atom. The maximum Gasteiger partial charge on any atom is 0.295 e. The summed E-state index contributed by atoms with van der Waals surface area (Å²) in [5.41, 5.74) is 0. The van der Waals surface area contributed by atoms with Crippen molar-refractivity contribution in [1.29, 1.82) is 0 Å². The SMILES string of the molecule is CCN(Cc1cccs1)C(=O)c1nn[nH]n1. The van der Waals surface area contributed by atoms with Gasteiger partial charge in [-0.05, 0) is 23.6 Å². The summed E-state index contributed by atoms with van der Waals surface area (Å²) in [5, 5.41) is 15.0. The van der Waals surface area contributed by atoms with E-state index >= 15 is 0 Å². The number of thiophene rings is 1. The highest BCUT2D eigenvalue weighted by molar-refractivity contribution is 7.09. The molecule has 0 atom stereocenters. The van der Waals surface area contributed by atoms with Gasteiger partial charge in [0.25, 0.3) is 11.7 Å². The fourth-order valence-electron chi connectivity index (χ4n) is 1.31. The van der Waals surface area contributed by atoms with Crippen LogP contribution in [0, 0.1) is 0 Å². The first-order valence-electron chi connectivity index (χ1n) is 4.86. The number of H-pyrrole nitrogens is 1. The molecule has 1 N–H and O–H groups in total. The van der Waals surface area contributed by atoms with Crippen LogP contribution in [0.15, 0.2) is 17.5 Å². The van der Waals surface area contributed by atoms with Gasteiger partial charge in [0, 0.05) is 11.4 Å². The molecule has 0 saturated carbocycles. The van der Waals surface area contributed by atoms with E-state index in [1.54, 1.807) is 16.2 Å². The Morgan fingerprint density at radius 1 is 1.62 bits per heavy atom. The molecule has 1 amide bonds. The van der Waals surface area contributed by atoms with E-state index in [-0.39, 0.29) is 11.7 Å². The van der Waals surface area contributed by atoms with Crippen LogP contribution in [0.3, 0.4) is 0 Å². The van der Waals surface area contributed by atoms with E-state index in [0.717, 1.165) is 4.88 Å². The average molecular weight is 237 g/mol. The Labute approximate surface area is 96.3 Å². The van der Waals surface area contributed by atoms with Crippen molar-refractivity contribution in [3.63, 3.8) is 0 Å². The number of aromatic nitrogens is 4. The molecule has 6 nitrogen and oxygen atoms in total. The quantitative estimate of drug-likeness (QED) is 0.858. The molecule has 2 heterocycles. The summed E-state index contributed by atoms with van der Waals surface area (Å²) in [5.74, 6) is -0.0944. The summed E-state index contributed by atoms with van der Waals surface area (Å²) in [6, 6.07) is 3.96. The zero-order valence-corrected chi connectivity index (χ0v) is 9.57. The van der Waals surface area contributed by atoms with E-state index in [0.29, 0.717) is 13.1 Å². The number of amides is 1. The summed E-state index contributed by atoms with van der Waals surface area (Å²) in [4.78, 5) is 14.7. The summed E-state index contributed by atoms with van der Waals surface area (Å²) in [6.45, 7) is 3.12. The molecule has 0 aromatic carbocycles. The summed E-state index contributed by atoms with van der Waals surface area (Å²) < 4.78 is 0. The molecule has 2 aromatic heterocycles. The number of hydrogen-bond acceptors (Lipinski definition) is 5. The standard InChI is InChI=1S/C9H11N5OS/c1-2-14(6-7-4-3-5-16-7)9(15)8-10-12-13-11-8/h3-5H,2,6H2,1H3,(H,10,11,12,13). The molecule has 0 radical (unpaired) electrons. The maximum atomic E-state index is 11.9. The van der Waals surface area contributed by atoms with E-state index in [2.05, 4.69) is 20.6 Å². The minimum atomic E-state index is -0.204. The van der Waals surface area contributed by atoms with Crippen molar-refractivity contribution < 1.29 is 4.79 Å². The van der Waals surface area contributed by atoms with Crippen LogP contribution in [0.1, 0.15) is 22.4 Å². The molecule has 0 fully saturated rings. The highest BCUT2D eigenvalue weighted by Crippen LogP contribution is 2.12. The van der Waals surface area contributed by atoms with Gasteiger partial charge in [-0.3, -0.25) is 4.79 Å². The average Bonchev–Trinajstić information content (AvgIpc) is 2.97. The first kappa shape index (κ1) is 10.7. The summed E-state index contributed by atoms with van der Waals surface area (Å²) in [7, 11) is 0. The van der Waals surface area contributed by atoms with Crippen molar-refractivity contribution in [2.75, 3.05) is 6.54 Å². The molecular weight excluding hydrogens is 226 g/mol. The Kier molecular flexibility index (Phi) is 3.25. The number of carbonyl (C=O) groups is 1. The predicted octanol–water partition coefficient (Wildman–Crippen LogP) is 0.923. The summed E-state index contributed by atoms with van der Waals surface area (Å²) in [6.07, 6.45) is 0. The predicted molar refractivity (Wildman–Crippen MR) is 58.9 cm³/mol. The van der Waals surface area contributed by atoms with Crippen molar-refractivity contribution >= 4 is 17.2 Å². The van der Waals surface area contributed by atoms with Crippen LogP contribution in [0.25, 0.3) is 0 Å². The number of aromatic amines is 1. The fraction of sp³-hybridized carbons (Fsp3) is 0.333. The number of nitrogens with zero attached hydrogens (tertiary/aromatic N) is 4. The Bertz CT molecular complexity index is 438. The topological polar surface area (TPSA) is 74.8 Å². The van der Waals surface area contributed by atoms with Gasteiger partial charge in [0.2, 0.25) is 0 Å². The molecule has 0 unspecified atom stereocenters. The van der Waals surface area contributed by atoms with Gasteiger partial charge in [0.15, 0.2) is 0 Å². The van der Waals surface area contributed by atoms with Gasteiger partial charge in [-0.15, -0.1) is 21.5 Å². The second-order valence-electron chi connectivity index (χ2n) is 3.13. The highest BCUT2D eigenvalue weighted by Gasteiger charge is 2.18. The lowest BCUT2D eigenvalue weighted by molar-refractivity contribution is 0.0742. The minimum absolute atomic E-state index is 0.110. The largest absolute Gasteiger partial charge is 0.331 e. The summed E-state index contributed by atoms with van der Waals surface area (Å²) >= 11 is 1.62. The molecular formula is C9H11N5OS. The van der Waals surface area contributed by atoms with E-state index in [4.69, 9.17) is 0 Å². The smallest absolute Gasteiger partial charge is 0.295 e. The first-order chi connectivity index (χ1) is 7.81. The van der Waals surface area contributed by atoms with Crippen molar-refractivity contribution in [3.05, 3.63) is 28.2 Å². The number of hydrogen-bond donors (Lipinski definition) is 1. The van der Waals surface area contributed by atoms with Crippen LogP contribution in [0.4, 0.5) is 0 Å². The lowest BCUT2D eigenvalue weighted by Crippen LogP contribution is -2.30. The van der Waals surface area contributed by atoms with E-state index in [1.807, 2.05) is 24.4 Å². The van der Waals surface area contributed by atoms with E-state index < -0.39 is 0 Å². The molecule has 2 rings (SSSR count). The fourth-order valence-corrected chi connectivity index (χ4v) is 2.03. The Hall–Kier alpha value is -1.76. The van der Waals surface area contributed by atoms with E-state index in [9.17, 15) is 4.79 Å². The van der Waals surface area contributed by atoms with Gasteiger partial charge in [0.05, 0.1) is 6.54 Å². The van der Waals surface area contributed by atoms with Gasteiger partial charge in [-0.1, -0.05) is 6.07 Å². The third kappa shape index (κ3) is 2.25. The van der Waals surface area contributed by atoms with Gasteiger partial charge in [0.1, 0.15) is 0 Å². The van der Waals surface area contributed by atoms with Crippen molar-refractivity contribution in [3.8, 4) is 0 Å². The molecule has 0 spiro atoms. The molecule has 0 aliphatic rings. The third-order valence-electron chi connectivity index (χ3n) is 2.13. The Balaban J connectivity index is 2.08. The van der Waals surface area contributed by atoms with Crippen LogP contribution in [-0.2, 0) is 6.54 Å². The molecule has 2 aromatic rings. The zero-order chi connectivity index (χ0) is 11.4. The molecule has 16 heavy (non-hydrogen) atoms. The van der Waals surface area contributed by atoms with Gasteiger partial charge in [-0.25, -0.2) is 0 Å². The molecule has 0 aliphatic heterocycles. The van der Waals surface area contributed by atoms with Crippen LogP contribution in [-0.4, -0.2) is 38.0 Å². The van der Waals surface area contributed by atoms with Crippen LogP contribution in [0.2, 0.25) is 0 Å². The normalized spacial score (nSPS) is 10.3. The maximum absolute atomic E-state index is 11.9. The number of nitrogens with one attached hydrogen (secondary N) is 1. The minimum Gasteiger partial charge on any atom is -0.331 e. The molecule has 7 heteroatoms. The second kappa shape index (κ2) is 4.84. The van der Waals surface area contributed by atoms with Gasteiger partial charge < -0.3 is 4.90 Å². The number of tetrazole rings is 1. The Morgan fingerprint density at radius 2 is 2.50 bits per heavy atom. The zero-order valence-electron chi connectivity index (χ0n) is 8.75. The van der Waals surface area contributed by atoms with Crippen molar-refractivity contribution in [2.24, 2.45) is 0 Å². The van der Waals surface area contributed by atoms with Gasteiger partial charge in [-0.2, -0.15) is 5.21 Å². The third-order valence-corrected chi connectivity index (χ3v) is 2.99. The van der Waals surface area contributed by atoms with Crippen molar-refractivity contribution in [2.45, 2.75) is 13.5 Å². The number of carbonyl (C=O) groups excluding carboxylic acids is 1. The second-order valence-corrected chi connectivity index (χ2v) is 4.17. The van der Waals surface area contributed by atoms with Crippen LogP contribution < -0.4 is 0 Å². The van der Waals surface area contributed by atoms with Crippen LogP contribution >= 0.6 is 11.3 Å². The lowest BCUT2D eigenvalue weighted by atomic mass is 10.4. The first-order valence-corrected chi connectivity index (χ1v) is 5.74. The lowest BCUT2D eigenvalue weighted by Gasteiger charge is -2.17.